The van der Waals surface area contributed by atoms with E-state index in [9.17, 15) is 83.4 Å². The molecule has 0 aromatic heterocycles. The van der Waals surface area contributed by atoms with Gasteiger partial charge in [0.25, 0.3) is 5.91 Å². The van der Waals surface area contributed by atoms with Crippen LogP contribution < -0.4 is 133 Å². The van der Waals surface area contributed by atoms with Crippen LogP contribution in [0.3, 0.4) is 0 Å². The van der Waals surface area contributed by atoms with E-state index < -0.39 is 151 Å². The Morgan fingerprint density at radius 1 is 0.611 bits per heavy atom. The number of amides is 1. The molecule has 2 N–H and O–H groups in total. The van der Waals surface area contributed by atoms with E-state index in [-0.39, 0.29) is 152 Å². The van der Waals surface area contributed by atoms with Crippen LogP contribution in [0.5, 0.6) is 17.2 Å². The summed E-state index contributed by atoms with van der Waals surface area (Å²) in [7, 11) is -28.4. The van der Waals surface area contributed by atoms with E-state index >= 15 is 0 Å². The predicted molar refractivity (Wildman–Crippen MR) is 224 cm³/mol. The Bertz CT molecular complexity index is 3490. The van der Waals surface area contributed by atoms with Gasteiger partial charge in [0.1, 0.15) is 48.8 Å². The van der Waals surface area contributed by atoms with E-state index in [2.05, 4.69) is 28.8 Å². The van der Waals surface area contributed by atoms with Crippen molar-refractivity contribution >= 4 is 106 Å². The van der Waals surface area contributed by atoms with Gasteiger partial charge in [0.05, 0.1) is 64.2 Å². The minimum absolute atomic E-state index is 0. The Labute approximate surface area is 500 Å². The molecule has 38 heteroatoms. The fourth-order valence-electron chi connectivity index (χ4n) is 5.88. The van der Waals surface area contributed by atoms with Crippen LogP contribution in [-0.4, -0.2) is 130 Å². The number of carbonyl (C=O) groups excluding carboxylic acids is 2. The van der Waals surface area contributed by atoms with Crippen molar-refractivity contribution in [2.75, 3.05) is 44.3 Å². The van der Waals surface area contributed by atoms with Crippen LogP contribution >= 0.6 is 0 Å². The summed E-state index contributed by atoms with van der Waals surface area (Å²) in [5.41, 5.74) is -2.86. The number of aryl methyl sites for hydroxylation is 2. The molecule has 1 amide bonds. The van der Waals surface area contributed by atoms with Gasteiger partial charge in [0.2, 0.25) is 26.8 Å². The second-order valence-electron chi connectivity index (χ2n) is 13.6. The number of rotatable bonds is 21. The number of ketones is 1. The number of hydrogen-bond donors (Lipinski definition) is 2. The monoisotopic (exact) mass is 1160 g/mol. The molecule has 0 fully saturated rings. The SMILES string of the molecule is COc1cc(S(=O)(=O)CCOS(=O)(=O)[O-])c(C)cc1N=Nc1c(S(=O)(=O)[O-])cc2cc(S(=O)(=O)[O-])c(NC(=O)C(N=Nc3cc(C)c(S(=O)(=O)CCOS(=O)(=O)[O-])cc3OC)C(C)=O)cc2c1O.[Na+].[Na+].[Na+].[Na+]. The summed E-state index contributed by atoms with van der Waals surface area (Å²) in [6.07, 6.45) is 0. The summed E-state index contributed by atoms with van der Waals surface area (Å²) in [6, 6.07) is 3.33. The summed E-state index contributed by atoms with van der Waals surface area (Å²) in [4.78, 5) is 22.7. The number of nitrogens with one attached hydrogen (secondary N) is 1. The summed E-state index contributed by atoms with van der Waals surface area (Å²) >= 11 is 0. The Kier molecular flexibility index (Phi) is 27.0. The fraction of sp³-hybridized carbons (Fsp3) is 0.294. The molecule has 1 unspecified atom stereocenters. The van der Waals surface area contributed by atoms with Crippen molar-refractivity contribution in [1.82, 2.24) is 0 Å². The van der Waals surface area contributed by atoms with Gasteiger partial charge in [-0.25, -0.2) is 50.5 Å². The third-order valence-corrected chi connectivity index (χ3v) is 15.2. The first kappa shape index (κ1) is 70.3. The maximum Gasteiger partial charge on any atom is 1.00 e. The number of methoxy groups -OCH3 is 2. The topological polar surface area (TPSA) is 450 Å². The number of anilines is 1. The van der Waals surface area contributed by atoms with Gasteiger partial charge in [-0.2, -0.15) is 10.2 Å². The van der Waals surface area contributed by atoms with Crippen molar-refractivity contribution < 1.29 is 219 Å². The maximum absolute atomic E-state index is 13.6. The van der Waals surface area contributed by atoms with Crippen LogP contribution in [0.2, 0.25) is 0 Å². The van der Waals surface area contributed by atoms with E-state index in [0.717, 1.165) is 45.4 Å². The molecule has 0 heterocycles. The zero-order valence-electron chi connectivity index (χ0n) is 39.1. The van der Waals surface area contributed by atoms with Crippen molar-refractivity contribution in [1.29, 1.82) is 0 Å². The molecule has 0 radical (unpaired) electrons. The Morgan fingerprint density at radius 2 is 1.03 bits per heavy atom. The van der Waals surface area contributed by atoms with E-state index in [1.54, 1.807) is 0 Å². The maximum atomic E-state index is 13.6. The number of phenols is 1. The number of hydrogen-bond acceptors (Lipinski definition) is 27. The summed E-state index contributed by atoms with van der Waals surface area (Å²) < 4.78 is 209. The molecule has 372 valence electrons. The van der Waals surface area contributed by atoms with Crippen molar-refractivity contribution in [3.8, 4) is 17.2 Å². The molecule has 28 nitrogen and oxygen atoms in total. The van der Waals surface area contributed by atoms with Crippen LogP contribution in [0.1, 0.15) is 18.1 Å². The van der Waals surface area contributed by atoms with Crippen molar-refractivity contribution in [2.24, 2.45) is 20.5 Å². The molecule has 0 saturated heterocycles. The third kappa shape index (κ3) is 18.8. The van der Waals surface area contributed by atoms with Crippen LogP contribution in [0, 0.1) is 13.8 Å². The Morgan fingerprint density at radius 3 is 1.42 bits per heavy atom. The zero-order valence-corrected chi connectivity index (χ0v) is 52.0. The van der Waals surface area contributed by atoms with E-state index in [4.69, 9.17) is 9.47 Å². The van der Waals surface area contributed by atoms with Gasteiger partial charge in [-0.15, -0.1) is 10.2 Å². The standard InChI is InChI=1S/C34H37N5O23S6.4Na/c1-17-10-22(25(59-4)15-27(17)63(43,44)8-6-61-67(53,54)55)36-38-31(19(3)40)34(42)35-24-14-21-20(12-29(24)65(47,48)49)13-30(66(50,51)52)32(33(21)41)39-37-23-11-18(2)28(16-26(23)60-5)64(45,46)9-7-62-68(56,57)58;;;;/h10-16,31,41H,6-9H2,1-5H3,(H,35,42)(H,47,48,49)(H,50,51,52)(H,53,54,55)(H,56,57,58);;;;/q;4*+1/p-4. The van der Waals surface area contributed by atoms with Crippen LogP contribution in [-0.2, 0) is 78.7 Å². The molecule has 0 aliphatic heterocycles. The normalized spacial score (nSPS) is 12.8. The molecule has 4 aromatic rings. The molecule has 0 spiro atoms. The molecule has 0 saturated carbocycles. The smallest absolute Gasteiger partial charge is 0.744 e. The number of phenolic OH excluding ortho intramolecular Hbond substituents is 1. The van der Waals surface area contributed by atoms with Gasteiger partial charge in [-0.1, -0.05) is 0 Å². The summed E-state index contributed by atoms with van der Waals surface area (Å²) in [6.45, 7) is 1.26. The minimum Gasteiger partial charge on any atom is -0.744 e. The zero-order chi connectivity index (χ0) is 51.5. The molecular weight excluding hydrogens is 1130 g/mol. The van der Waals surface area contributed by atoms with Crippen molar-refractivity contribution in [3.05, 3.63) is 53.6 Å². The first-order chi connectivity index (χ1) is 31.1. The Hall–Kier alpha value is -1.66. The van der Waals surface area contributed by atoms with Gasteiger partial charge in [-0.05, 0) is 67.6 Å². The molecule has 0 aliphatic rings. The Balaban J connectivity index is 0.0000126. The fourth-order valence-corrected chi connectivity index (χ4v) is 10.7. The quantitative estimate of drug-likeness (QED) is 0.0257. The molecule has 4 aromatic carbocycles. The van der Waals surface area contributed by atoms with Gasteiger partial charge >= 0.3 is 118 Å². The van der Waals surface area contributed by atoms with Crippen LogP contribution in [0.25, 0.3) is 10.8 Å². The average Bonchev–Trinajstić information content (AvgIpc) is 3.18. The second-order valence-corrected chi connectivity index (χ2v) is 22.6. The van der Waals surface area contributed by atoms with Gasteiger partial charge in [-0.3, -0.25) is 18.0 Å². The number of fused-ring (bicyclic) bond motifs is 1. The van der Waals surface area contributed by atoms with Gasteiger partial charge in [0, 0.05) is 17.5 Å². The average molecular weight is 1160 g/mol. The number of nitrogens with zero attached hydrogens (tertiary/aromatic N) is 4. The summed E-state index contributed by atoms with van der Waals surface area (Å²) in [5.74, 6) is -6.42. The molecule has 4 rings (SSSR count). The molecule has 1 atom stereocenters. The van der Waals surface area contributed by atoms with Gasteiger partial charge < -0.3 is 38.1 Å². The van der Waals surface area contributed by atoms with E-state index in [1.807, 2.05) is 5.32 Å². The second kappa shape index (κ2) is 27.6. The molecule has 72 heavy (non-hydrogen) atoms. The third-order valence-electron chi connectivity index (χ3n) is 8.90. The predicted octanol–water partition coefficient (Wildman–Crippen LogP) is -10.4. The number of Topliss-reactive ketones (excluding diaryl/α,β-unsaturated/α-hetero) is 1. The first-order valence-electron chi connectivity index (χ1n) is 18.0. The first-order valence-corrected chi connectivity index (χ1v) is 26.8. The number of sulfone groups is 2. The number of benzene rings is 4. The molecular formula is C34H33N5Na4O23S6. The molecule has 0 aliphatic carbocycles. The summed E-state index contributed by atoms with van der Waals surface area (Å²) in [5, 5.41) is 27.0. The number of ether oxygens (including phenoxy) is 2. The van der Waals surface area contributed by atoms with E-state index in [0.29, 0.717) is 18.2 Å². The van der Waals surface area contributed by atoms with E-state index in [1.165, 1.54) is 13.8 Å². The number of aromatic hydroxyl groups is 1. The minimum atomic E-state index is -5.66. The van der Waals surface area contributed by atoms with Crippen molar-refractivity contribution in [3.63, 3.8) is 0 Å². The molecule has 0 bridgehead atoms. The van der Waals surface area contributed by atoms with Crippen LogP contribution in [0.4, 0.5) is 22.7 Å². The number of azo groups is 2. The van der Waals surface area contributed by atoms with Crippen LogP contribution in [0.15, 0.2) is 82.5 Å². The van der Waals surface area contributed by atoms with Gasteiger partial charge in [0.15, 0.2) is 31.2 Å². The number of carbonyl (C=O) groups is 2. The van der Waals surface area contributed by atoms with Crippen molar-refractivity contribution in [2.45, 2.75) is 46.4 Å². The largest absolute Gasteiger partial charge is 1.00 e.